The van der Waals surface area contributed by atoms with Gasteiger partial charge < -0.3 is 4.90 Å². The molecule has 0 N–H and O–H groups in total. The summed E-state index contributed by atoms with van der Waals surface area (Å²) in [4.78, 5) is 1.69. The van der Waals surface area contributed by atoms with Gasteiger partial charge in [-0.15, -0.1) is 0 Å². The highest BCUT2D eigenvalue weighted by atomic mass is 15.1. The summed E-state index contributed by atoms with van der Waals surface area (Å²) in [5.74, 6) is 0. The fourth-order valence-corrected chi connectivity index (χ4v) is 7.49. The normalized spacial score (nSPS) is 13.8. The molecule has 0 fully saturated rings. The molecule has 1 nitrogen and oxygen atoms in total. The van der Waals surface area contributed by atoms with Gasteiger partial charge in [-0.25, -0.2) is 0 Å². The second kappa shape index (κ2) is 13.0. The van der Waals surface area contributed by atoms with E-state index < -0.39 is 54.4 Å². The minimum atomic E-state index is -0.623. The summed E-state index contributed by atoms with van der Waals surface area (Å²) in [6, 6.07) is 48.1. The van der Waals surface area contributed by atoms with Gasteiger partial charge in [0.05, 0.1) is 12.3 Å². The predicted molar refractivity (Wildman–Crippen MR) is 227 cm³/mol. The average Bonchev–Trinajstić information content (AvgIpc) is 3.31. The van der Waals surface area contributed by atoms with Crippen molar-refractivity contribution in [2.75, 3.05) is 4.90 Å². The van der Waals surface area contributed by atoms with Crippen LogP contribution in [0.1, 0.15) is 12.3 Å². The second-order valence-electron chi connectivity index (χ2n) is 13.0. The van der Waals surface area contributed by atoms with E-state index in [1.54, 1.807) is 4.90 Å². The Bertz CT molecular complexity index is 3240. The van der Waals surface area contributed by atoms with E-state index in [1.165, 1.54) is 0 Å². The van der Waals surface area contributed by atoms with E-state index in [4.69, 9.17) is 6.85 Å². The Balaban J connectivity index is 1.16. The molecule has 0 spiro atoms. The summed E-state index contributed by atoms with van der Waals surface area (Å²) in [6.45, 7) is 0. The zero-order chi connectivity index (χ0) is 43.0. The van der Waals surface area contributed by atoms with Crippen molar-refractivity contribution < 1.29 is 12.3 Å². The molecule has 0 radical (unpaired) electrons. The van der Waals surface area contributed by atoms with Crippen LogP contribution in [0.15, 0.2) is 212 Å². The van der Waals surface area contributed by atoms with E-state index in [1.807, 2.05) is 97.1 Å². The minimum Gasteiger partial charge on any atom is -0.311 e. The lowest BCUT2D eigenvalue weighted by Gasteiger charge is -2.26. The molecule has 0 aliphatic carbocycles. The van der Waals surface area contributed by atoms with Crippen LogP contribution in [0.2, 0.25) is 0 Å². The van der Waals surface area contributed by atoms with E-state index >= 15 is 0 Å². The third kappa shape index (κ3) is 5.51. The van der Waals surface area contributed by atoms with Crippen molar-refractivity contribution in [2.24, 2.45) is 0 Å². The largest absolute Gasteiger partial charge is 0.311 e. The summed E-state index contributed by atoms with van der Waals surface area (Å²) >= 11 is 0. The van der Waals surface area contributed by atoms with Crippen LogP contribution in [0.4, 0.5) is 17.1 Å². The molecule has 0 saturated carbocycles. The van der Waals surface area contributed by atoms with Gasteiger partial charge in [0.1, 0.15) is 0 Å². The first-order valence-corrected chi connectivity index (χ1v) is 17.5. The third-order valence-corrected chi connectivity index (χ3v) is 9.99. The lowest BCUT2D eigenvalue weighted by Crippen LogP contribution is -2.09. The SMILES string of the molecule is [2H]c1c([2H])c([2H])c(-c2c([2H])c([2H])c(N(c3ccc(-c4cc5ccccc5c5ccccc45)cc3)c3ccc(-c4cc5ccccc5c5ccccc45)cc3)c([2H])c2[2H])c([2H])c1[2H]. The molecule has 0 aromatic heterocycles. The van der Waals surface area contributed by atoms with E-state index in [9.17, 15) is 5.48 Å². The third-order valence-electron chi connectivity index (χ3n) is 9.99. The van der Waals surface area contributed by atoms with Crippen molar-refractivity contribution in [1.82, 2.24) is 0 Å². The summed E-state index contributed by atoms with van der Waals surface area (Å²) in [5.41, 5.74) is 4.31. The second-order valence-corrected chi connectivity index (χ2v) is 13.0. The Morgan fingerprint density at radius 1 is 0.302 bits per heavy atom. The van der Waals surface area contributed by atoms with E-state index in [0.717, 1.165) is 65.3 Å². The summed E-state index contributed by atoms with van der Waals surface area (Å²) in [6.07, 6.45) is 0. The van der Waals surface area contributed by atoms with Crippen LogP contribution < -0.4 is 4.90 Å². The highest BCUT2D eigenvalue weighted by Crippen LogP contribution is 2.41. The van der Waals surface area contributed by atoms with Crippen LogP contribution in [0.3, 0.4) is 0 Å². The molecule has 0 atom stereocenters. The van der Waals surface area contributed by atoms with E-state index in [-0.39, 0.29) is 16.8 Å². The van der Waals surface area contributed by atoms with Gasteiger partial charge in [0.2, 0.25) is 0 Å². The van der Waals surface area contributed by atoms with Gasteiger partial charge in [-0.2, -0.15) is 0 Å². The zero-order valence-electron chi connectivity index (χ0n) is 37.5. The standard InChI is InChI=1S/C52H35N/c1-2-12-36(13-3-1)37-22-28-42(29-23-37)53(43-30-24-38(25-31-43)51-34-40-14-4-6-16-45(40)47-18-8-10-20-49(47)51)44-32-26-39(27-33-44)52-35-41-15-5-7-17-46(41)48-19-9-11-21-50(48)52/h1-35H/i1D,2D,3D,12D,13D,22D,23D,28D,29D. The maximum atomic E-state index is 9.44. The lowest BCUT2D eigenvalue weighted by molar-refractivity contribution is 1.28. The Labute approximate surface area is 322 Å². The van der Waals surface area contributed by atoms with E-state index in [0.29, 0.717) is 11.4 Å². The number of nitrogens with zero attached hydrogens (tertiary/aromatic N) is 1. The molecule has 0 amide bonds. The number of fused-ring (bicyclic) bond motifs is 6. The van der Waals surface area contributed by atoms with Gasteiger partial charge in [-0.3, -0.25) is 0 Å². The Hall–Kier alpha value is -6.96. The molecule has 0 saturated heterocycles. The van der Waals surface area contributed by atoms with Crippen molar-refractivity contribution in [3.8, 4) is 33.4 Å². The number of benzene rings is 10. The smallest absolute Gasteiger partial charge is 0.0645 e. The van der Waals surface area contributed by atoms with Crippen LogP contribution >= 0.6 is 0 Å². The lowest BCUT2D eigenvalue weighted by atomic mass is 9.93. The van der Waals surface area contributed by atoms with Gasteiger partial charge in [0.15, 0.2) is 0 Å². The molecule has 10 rings (SSSR count). The molecule has 0 aliphatic rings. The molecule has 0 aliphatic heterocycles. The van der Waals surface area contributed by atoms with E-state index in [2.05, 4.69) is 60.7 Å². The fourth-order valence-electron chi connectivity index (χ4n) is 7.49. The average molecular weight is 683 g/mol. The van der Waals surface area contributed by atoms with Gasteiger partial charge >= 0.3 is 0 Å². The van der Waals surface area contributed by atoms with Crippen molar-refractivity contribution in [3.63, 3.8) is 0 Å². The maximum Gasteiger partial charge on any atom is 0.0645 e. The minimum absolute atomic E-state index is 0.0519. The zero-order valence-corrected chi connectivity index (χ0v) is 28.5. The Morgan fingerprint density at radius 3 is 1.17 bits per heavy atom. The van der Waals surface area contributed by atoms with Crippen molar-refractivity contribution in [1.29, 1.82) is 0 Å². The molecule has 53 heavy (non-hydrogen) atoms. The highest BCUT2D eigenvalue weighted by molar-refractivity contribution is 6.15. The summed E-state index contributed by atoms with van der Waals surface area (Å²) in [7, 11) is 0. The number of rotatable bonds is 6. The van der Waals surface area contributed by atoms with Crippen molar-refractivity contribution in [3.05, 3.63) is 212 Å². The number of hydrogen-bond acceptors (Lipinski definition) is 1. The van der Waals surface area contributed by atoms with Crippen LogP contribution in [0.5, 0.6) is 0 Å². The van der Waals surface area contributed by atoms with Crippen LogP contribution in [0.25, 0.3) is 76.5 Å². The molecule has 0 heterocycles. The monoisotopic (exact) mass is 682 g/mol. The first-order valence-electron chi connectivity index (χ1n) is 22.0. The first-order chi connectivity index (χ1) is 30.0. The number of hydrogen-bond donors (Lipinski definition) is 0. The highest BCUT2D eigenvalue weighted by Gasteiger charge is 2.16. The molecule has 0 bridgehead atoms. The topological polar surface area (TPSA) is 3.24 Å². The maximum absolute atomic E-state index is 9.44. The van der Waals surface area contributed by atoms with Gasteiger partial charge in [-0.05, 0) is 125 Å². The molecule has 0 unspecified atom stereocenters. The molecular formula is C52H35N. The molecule has 10 aromatic carbocycles. The molecular weight excluding hydrogens is 639 g/mol. The summed E-state index contributed by atoms with van der Waals surface area (Å²) in [5, 5.41) is 8.98. The van der Waals surface area contributed by atoms with Gasteiger partial charge in [0, 0.05) is 17.1 Å². The van der Waals surface area contributed by atoms with Gasteiger partial charge in [0.25, 0.3) is 0 Å². The molecule has 1 heteroatoms. The van der Waals surface area contributed by atoms with Crippen LogP contribution in [-0.2, 0) is 0 Å². The van der Waals surface area contributed by atoms with Gasteiger partial charge in [-0.1, -0.05) is 164 Å². The predicted octanol–water partition coefficient (Wildman–Crippen LogP) is 14.8. The molecule has 248 valence electrons. The Morgan fingerprint density at radius 2 is 0.698 bits per heavy atom. The van der Waals surface area contributed by atoms with Crippen LogP contribution in [0, 0.1) is 0 Å². The first kappa shape index (κ1) is 22.8. The van der Waals surface area contributed by atoms with Crippen molar-refractivity contribution >= 4 is 60.2 Å². The fraction of sp³-hybridized carbons (Fsp3) is 0. The summed E-state index contributed by atoms with van der Waals surface area (Å²) < 4.78 is 79.2. The number of anilines is 3. The van der Waals surface area contributed by atoms with Crippen LogP contribution in [-0.4, -0.2) is 0 Å². The van der Waals surface area contributed by atoms with Crippen molar-refractivity contribution in [2.45, 2.75) is 0 Å². The Kier molecular flexibility index (Phi) is 5.58. The molecule has 10 aromatic rings. The quantitative estimate of drug-likeness (QED) is 0.158.